The van der Waals surface area contributed by atoms with Crippen LogP contribution in [0.25, 0.3) is 15.9 Å². The summed E-state index contributed by atoms with van der Waals surface area (Å²) in [5.41, 5.74) is 4.68. The summed E-state index contributed by atoms with van der Waals surface area (Å²) >= 11 is 1.28. The minimum Gasteiger partial charge on any atom is -0.497 e. The van der Waals surface area contributed by atoms with E-state index in [1.165, 1.54) is 15.9 Å². The first kappa shape index (κ1) is 22.5. The Hall–Kier alpha value is -4.24. The maximum absolute atomic E-state index is 13.0. The van der Waals surface area contributed by atoms with Gasteiger partial charge in [-0.1, -0.05) is 35.6 Å². The van der Waals surface area contributed by atoms with E-state index in [1.54, 1.807) is 25.3 Å². The predicted molar refractivity (Wildman–Crippen MR) is 138 cm³/mol. The van der Waals surface area contributed by atoms with Crippen molar-refractivity contribution in [2.75, 3.05) is 12.4 Å². The van der Waals surface area contributed by atoms with Crippen LogP contribution in [0.15, 0.2) is 65.5 Å². The van der Waals surface area contributed by atoms with Crippen molar-refractivity contribution in [1.82, 2.24) is 19.9 Å². The van der Waals surface area contributed by atoms with Gasteiger partial charge in [0.2, 0.25) is 10.1 Å². The Bertz CT molecular complexity index is 1620. The molecule has 0 aliphatic rings. The van der Waals surface area contributed by atoms with Gasteiger partial charge < -0.3 is 15.4 Å². The van der Waals surface area contributed by atoms with Crippen molar-refractivity contribution in [3.8, 4) is 5.75 Å². The lowest BCUT2D eigenvalue weighted by molar-refractivity contribution is 0.0951. The highest BCUT2D eigenvalue weighted by Crippen LogP contribution is 2.26. The highest BCUT2D eigenvalue weighted by Gasteiger charge is 2.14. The van der Waals surface area contributed by atoms with Crippen molar-refractivity contribution < 1.29 is 9.53 Å². The second-order valence-corrected chi connectivity index (χ2v) is 9.18. The van der Waals surface area contributed by atoms with E-state index in [-0.39, 0.29) is 11.5 Å². The number of anilines is 2. The Kier molecular flexibility index (Phi) is 5.92. The molecule has 0 bridgehead atoms. The standard InChI is InChI=1S/C26H23N5O3S/c1-15-4-5-16(2)21(12-15)28-25-30-31-24(33)20-11-8-18(13-22(20)29-26(31)35-25)23(32)27-14-17-6-9-19(34-3)10-7-17/h4-13H,14H2,1-3H3,(H,27,32)(H,28,30). The topological polar surface area (TPSA) is 97.6 Å². The molecule has 5 aromatic rings. The minimum atomic E-state index is -0.277. The molecule has 5 rings (SSSR count). The third-order valence-electron chi connectivity index (χ3n) is 5.71. The molecule has 35 heavy (non-hydrogen) atoms. The van der Waals surface area contributed by atoms with E-state index < -0.39 is 0 Å². The van der Waals surface area contributed by atoms with Crippen LogP contribution in [0.3, 0.4) is 0 Å². The molecule has 0 aliphatic heterocycles. The molecule has 2 N–H and O–H groups in total. The SMILES string of the molecule is COc1ccc(CNC(=O)c2ccc3c(=O)n4nc(Nc5cc(C)ccc5C)sc4nc3c2)cc1. The fourth-order valence-electron chi connectivity index (χ4n) is 3.71. The van der Waals surface area contributed by atoms with E-state index in [4.69, 9.17) is 4.74 Å². The second kappa shape index (κ2) is 9.19. The highest BCUT2D eigenvalue weighted by molar-refractivity contribution is 7.20. The molecule has 176 valence electrons. The molecule has 0 aliphatic carbocycles. The Labute approximate surface area is 205 Å². The Morgan fingerprint density at radius 1 is 1.06 bits per heavy atom. The molecule has 0 radical (unpaired) electrons. The van der Waals surface area contributed by atoms with Crippen molar-refractivity contribution in [2.45, 2.75) is 20.4 Å². The maximum atomic E-state index is 13.0. The Morgan fingerprint density at radius 2 is 1.86 bits per heavy atom. The molecular formula is C26H23N5O3S. The van der Waals surface area contributed by atoms with E-state index in [2.05, 4.69) is 20.7 Å². The number of carbonyl (C=O) groups excluding carboxylic acids is 1. The number of carbonyl (C=O) groups is 1. The summed E-state index contributed by atoms with van der Waals surface area (Å²) in [5.74, 6) is 0.514. The number of aryl methyl sites for hydroxylation is 2. The van der Waals surface area contributed by atoms with E-state index >= 15 is 0 Å². The van der Waals surface area contributed by atoms with Crippen LogP contribution in [0, 0.1) is 13.8 Å². The lowest BCUT2D eigenvalue weighted by Crippen LogP contribution is -2.23. The van der Waals surface area contributed by atoms with Gasteiger partial charge in [-0.2, -0.15) is 4.52 Å². The summed E-state index contributed by atoms with van der Waals surface area (Å²) in [7, 11) is 1.61. The van der Waals surface area contributed by atoms with Crippen LogP contribution >= 0.6 is 11.3 Å². The van der Waals surface area contributed by atoms with Crippen molar-refractivity contribution >= 4 is 43.9 Å². The summed E-state index contributed by atoms with van der Waals surface area (Å²) in [6.45, 7) is 4.40. The van der Waals surface area contributed by atoms with Gasteiger partial charge in [0.15, 0.2) is 0 Å². The molecule has 2 aromatic heterocycles. The fourth-order valence-corrected chi connectivity index (χ4v) is 4.52. The first-order chi connectivity index (χ1) is 16.9. The Morgan fingerprint density at radius 3 is 2.63 bits per heavy atom. The summed E-state index contributed by atoms with van der Waals surface area (Å²) in [6, 6.07) is 18.5. The number of nitrogens with one attached hydrogen (secondary N) is 2. The zero-order valence-corrected chi connectivity index (χ0v) is 20.3. The maximum Gasteiger partial charge on any atom is 0.283 e. The molecule has 0 unspecified atom stereocenters. The zero-order valence-electron chi connectivity index (χ0n) is 19.5. The number of hydrogen-bond acceptors (Lipinski definition) is 7. The van der Waals surface area contributed by atoms with Crippen LogP contribution in [-0.2, 0) is 6.54 Å². The molecule has 0 fully saturated rings. The first-order valence-corrected chi connectivity index (χ1v) is 11.8. The lowest BCUT2D eigenvalue weighted by atomic mass is 10.1. The minimum absolute atomic E-state index is 0.244. The van der Waals surface area contributed by atoms with E-state index in [0.29, 0.717) is 33.1 Å². The van der Waals surface area contributed by atoms with Crippen LogP contribution in [0.5, 0.6) is 5.75 Å². The third-order valence-corrected chi connectivity index (χ3v) is 6.53. The molecule has 8 nitrogen and oxygen atoms in total. The number of aromatic nitrogens is 3. The van der Waals surface area contributed by atoms with Crippen LogP contribution in [0.2, 0.25) is 0 Å². The predicted octanol–water partition coefficient (Wildman–Crippen LogP) is 4.60. The quantitative estimate of drug-likeness (QED) is 0.365. The number of nitrogens with zero attached hydrogens (tertiary/aromatic N) is 3. The second-order valence-electron chi connectivity index (χ2n) is 8.22. The van der Waals surface area contributed by atoms with Gasteiger partial charge in [0.1, 0.15) is 5.75 Å². The van der Waals surface area contributed by atoms with Crippen molar-refractivity contribution in [2.24, 2.45) is 0 Å². The van der Waals surface area contributed by atoms with Crippen molar-refractivity contribution in [3.63, 3.8) is 0 Å². The van der Waals surface area contributed by atoms with Crippen LogP contribution in [0.1, 0.15) is 27.0 Å². The number of fused-ring (bicyclic) bond motifs is 2. The third kappa shape index (κ3) is 4.58. The average molecular weight is 486 g/mol. The van der Waals surface area contributed by atoms with E-state index in [1.807, 2.05) is 56.3 Å². The smallest absolute Gasteiger partial charge is 0.283 e. The van der Waals surface area contributed by atoms with Gasteiger partial charge in [-0.25, -0.2) is 4.98 Å². The molecule has 2 heterocycles. The zero-order chi connectivity index (χ0) is 24.5. The van der Waals surface area contributed by atoms with Crippen molar-refractivity contribution in [3.05, 3.63) is 93.3 Å². The van der Waals surface area contributed by atoms with Gasteiger partial charge in [0, 0.05) is 17.8 Å². The number of benzene rings is 3. The molecule has 0 saturated heterocycles. The van der Waals surface area contributed by atoms with E-state index in [0.717, 1.165) is 28.1 Å². The van der Waals surface area contributed by atoms with Crippen molar-refractivity contribution in [1.29, 1.82) is 0 Å². The number of amides is 1. The summed E-state index contributed by atoms with van der Waals surface area (Å²) < 4.78 is 6.45. The van der Waals surface area contributed by atoms with E-state index in [9.17, 15) is 9.59 Å². The van der Waals surface area contributed by atoms with Gasteiger partial charge in [-0.15, -0.1) is 5.10 Å². The van der Waals surface area contributed by atoms with Crippen LogP contribution < -0.4 is 20.9 Å². The highest BCUT2D eigenvalue weighted by atomic mass is 32.1. The van der Waals surface area contributed by atoms with Gasteiger partial charge in [0.05, 0.1) is 18.0 Å². The molecule has 1 amide bonds. The normalized spacial score (nSPS) is 11.1. The number of methoxy groups -OCH3 is 1. The molecule has 3 aromatic carbocycles. The summed E-state index contributed by atoms with van der Waals surface area (Å²) in [5, 5.41) is 11.6. The average Bonchev–Trinajstić information content (AvgIpc) is 3.27. The molecular weight excluding hydrogens is 462 g/mol. The molecule has 9 heteroatoms. The first-order valence-electron chi connectivity index (χ1n) is 11.0. The van der Waals surface area contributed by atoms with Gasteiger partial charge >= 0.3 is 0 Å². The fraction of sp³-hybridized carbons (Fsp3) is 0.154. The van der Waals surface area contributed by atoms with Gasteiger partial charge in [-0.05, 0) is 66.9 Å². The summed E-state index contributed by atoms with van der Waals surface area (Å²) in [4.78, 5) is 30.8. The van der Waals surface area contributed by atoms with Gasteiger partial charge in [0.25, 0.3) is 11.5 Å². The largest absolute Gasteiger partial charge is 0.497 e. The molecule has 0 spiro atoms. The number of ether oxygens (including phenoxy) is 1. The molecule has 0 atom stereocenters. The Balaban J connectivity index is 1.41. The number of rotatable bonds is 6. The summed E-state index contributed by atoms with van der Waals surface area (Å²) in [6.07, 6.45) is 0. The lowest BCUT2D eigenvalue weighted by Gasteiger charge is -2.07. The van der Waals surface area contributed by atoms with Gasteiger partial charge in [-0.3, -0.25) is 9.59 Å². The monoisotopic (exact) mass is 485 g/mol. The van der Waals surface area contributed by atoms with Crippen LogP contribution in [-0.4, -0.2) is 27.6 Å². The molecule has 0 saturated carbocycles. The number of hydrogen-bond donors (Lipinski definition) is 2. The van der Waals surface area contributed by atoms with Crippen LogP contribution in [0.4, 0.5) is 10.8 Å².